The van der Waals surface area contributed by atoms with Gasteiger partial charge in [-0.25, -0.2) is 0 Å². The molecule has 0 spiro atoms. The molecule has 28 heavy (non-hydrogen) atoms. The van der Waals surface area contributed by atoms with Crippen LogP contribution in [0.2, 0.25) is 5.02 Å². The van der Waals surface area contributed by atoms with E-state index in [1.165, 1.54) is 6.07 Å². The third-order valence-corrected chi connectivity index (χ3v) is 5.03. The molecule has 1 atom stereocenters. The van der Waals surface area contributed by atoms with E-state index in [1.807, 2.05) is 11.8 Å². The maximum Gasteiger partial charge on any atom is 0.292 e. The van der Waals surface area contributed by atoms with E-state index in [4.69, 9.17) is 16.3 Å². The summed E-state index contributed by atoms with van der Waals surface area (Å²) in [4.78, 5) is 27.3. The lowest BCUT2D eigenvalue weighted by Gasteiger charge is -2.36. The monoisotopic (exact) mass is 403 g/mol. The number of halogens is 1. The van der Waals surface area contributed by atoms with Crippen LogP contribution >= 0.6 is 11.6 Å². The van der Waals surface area contributed by atoms with E-state index < -0.39 is 6.10 Å². The summed E-state index contributed by atoms with van der Waals surface area (Å²) in [6.45, 7) is 5.64. The van der Waals surface area contributed by atoms with Crippen molar-refractivity contribution in [2.45, 2.75) is 20.0 Å². The average molecular weight is 404 g/mol. The maximum absolute atomic E-state index is 12.7. The summed E-state index contributed by atoms with van der Waals surface area (Å²) in [6.07, 6.45) is -0.627. The van der Waals surface area contributed by atoms with Crippen LogP contribution in [0, 0.1) is 17.0 Å². The molecule has 1 aliphatic heterocycles. The van der Waals surface area contributed by atoms with E-state index in [0.29, 0.717) is 42.6 Å². The van der Waals surface area contributed by atoms with Crippen LogP contribution in [0.4, 0.5) is 11.4 Å². The number of hydrogen-bond donors (Lipinski definition) is 0. The quantitative estimate of drug-likeness (QED) is 0.562. The number of nitro groups is 1. The van der Waals surface area contributed by atoms with Crippen molar-refractivity contribution in [3.63, 3.8) is 0 Å². The first-order chi connectivity index (χ1) is 13.4. The van der Waals surface area contributed by atoms with Crippen LogP contribution in [0.3, 0.4) is 0 Å². The van der Waals surface area contributed by atoms with Crippen LogP contribution < -0.4 is 9.64 Å². The molecule has 1 amide bonds. The van der Waals surface area contributed by atoms with Crippen LogP contribution in [0.5, 0.6) is 5.75 Å². The first kappa shape index (κ1) is 19.9. The molecule has 2 aromatic rings. The number of piperazine rings is 1. The highest BCUT2D eigenvalue weighted by molar-refractivity contribution is 6.30. The van der Waals surface area contributed by atoms with Gasteiger partial charge in [0.15, 0.2) is 6.10 Å². The molecule has 0 N–H and O–H groups in total. The summed E-state index contributed by atoms with van der Waals surface area (Å²) in [7, 11) is 0. The highest BCUT2D eigenvalue weighted by atomic mass is 35.5. The van der Waals surface area contributed by atoms with Crippen molar-refractivity contribution in [2.24, 2.45) is 0 Å². The molecule has 1 fully saturated rings. The molecule has 0 aliphatic carbocycles. The van der Waals surface area contributed by atoms with Gasteiger partial charge in [-0.1, -0.05) is 23.7 Å². The standard InChI is InChI=1S/C20H22ClN3O4/c1-14-13-16(21)7-8-19(14)28-15(2)20(25)23-11-9-22(10-12-23)17-5-3-4-6-18(17)24(26)27/h3-8,13,15H,9-12H2,1-2H3. The number of nitrogens with zero attached hydrogens (tertiary/aromatic N) is 3. The van der Waals surface area contributed by atoms with E-state index >= 15 is 0 Å². The third kappa shape index (κ3) is 4.36. The van der Waals surface area contributed by atoms with Gasteiger partial charge in [-0.05, 0) is 43.7 Å². The summed E-state index contributed by atoms with van der Waals surface area (Å²) in [5.41, 5.74) is 1.53. The van der Waals surface area contributed by atoms with E-state index in [9.17, 15) is 14.9 Å². The van der Waals surface area contributed by atoms with Gasteiger partial charge < -0.3 is 14.5 Å². The van der Waals surface area contributed by atoms with Crippen molar-refractivity contribution in [2.75, 3.05) is 31.1 Å². The first-order valence-corrected chi connectivity index (χ1v) is 9.44. The van der Waals surface area contributed by atoms with Crippen LogP contribution in [-0.2, 0) is 4.79 Å². The number of ether oxygens (including phenoxy) is 1. The lowest BCUT2D eigenvalue weighted by Crippen LogP contribution is -2.52. The Morgan fingerprint density at radius 2 is 1.86 bits per heavy atom. The minimum atomic E-state index is -0.627. The summed E-state index contributed by atoms with van der Waals surface area (Å²) in [5, 5.41) is 11.9. The summed E-state index contributed by atoms with van der Waals surface area (Å²) in [6, 6.07) is 11.9. The molecule has 1 heterocycles. The maximum atomic E-state index is 12.7. The second-order valence-corrected chi connectivity index (χ2v) is 7.16. The number of para-hydroxylation sites is 2. The fraction of sp³-hybridized carbons (Fsp3) is 0.350. The molecule has 1 saturated heterocycles. The summed E-state index contributed by atoms with van der Waals surface area (Å²) in [5.74, 6) is 0.528. The summed E-state index contributed by atoms with van der Waals surface area (Å²) < 4.78 is 5.82. The molecule has 1 unspecified atom stereocenters. The second-order valence-electron chi connectivity index (χ2n) is 6.73. The van der Waals surface area contributed by atoms with Crippen molar-refractivity contribution in [3.8, 4) is 5.75 Å². The Kier molecular flexibility index (Phi) is 6.04. The predicted octanol–water partition coefficient (Wildman–Crippen LogP) is 3.67. The highest BCUT2D eigenvalue weighted by Gasteiger charge is 2.28. The number of carbonyl (C=O) groups is 1. The lowest BCUT2D eigenvalue weighted by molar-refractivity contribution is -0.384. The third-order valence-electron chi connectivity index (χ3n) is 4.80. The molecule has 3 rings (SSSR count). The molecule has 0 bridgehead atoms. The molecule has 2 aromatic carbocycles. The molecular weight excluding hydrogens is 382 g/mol. The topological polar surface area (TPSA) is 75.9 Å². The highest BCUT2D eigenvalue weighted by Crippen LogP contribution is 2.28. The average Bonchev–Trinajstić information content (AvgIpc) is 2.69. The molecule has 0 saturated carbocycles. The number of hydrogen-bond acceptors (Lipinski definition) is 5. The molecule has 1 aliphatic rings. The van der Waals surface area contributed by atoms with Crippen molar-refractivity contribution in [3.05, 3.63) is 63.2 Å². The summed E-state index contributed by atoms with van der Waals surface area (Å²) >= 11 is 5.96. The van der Waals surface area contributed by atoms with Gasteiger partial charge in [-0.3, -0.25) is 14.9 Å². The van der Waals surface area contributed by atoms with Gasteiger partial charge in [-0.2, -0.15) is 0 Å². The number of nitro benzene ring substituents is 1. The van der Waals surface area contributed by atoms with Crippen molar-refractivity contribution >= 4 is 28.9 Å². The smallest absolute Gasteiger partial charge is 0.292 e. The zero-order valence-electron chi connectivity index (χ0n) is 15.8. The zero-order chi connectivity index (χ0) is 20.3. The van der Waals surface area contributed by atoms with Gasteiger partial charge >= 0.3 is 0 Å². The zero-order valence-corrected chi connectivity index (χ0v) is 16.6. The van der Waals surface area contributed by atoms with Gasteiger partial charge in [0.05, 0.1) is 4.92 Å². The Balaban J connectivity index is 1.61. The Hall–Kier alpha value is -2.80. The fourth-order valence-electron chi connectivity index (χ4n) is 3.30. The van der Waals surface area contributed by atoms with Gasteiger partial charge in [0.25, 0.3) is 11.6 Å². The predicted molar refractivity (Wildman–Crippen MR) is 108 cm³/mol. The molecular formula is C20H22ClN3O4. The molecule has 7 nitrogen and oxygen atoms in total. The number of anilines is 1. The van der Waals surface area contributed by atoms with Crippen molar-refractivity contribution < 1.29 is 14.5 Å². The van der Waals surface area contributed by atoms with E-state index in [-0.39, 0.29) is 16.5 Å². The minimum absolute atomic E-state index is 0.0807. The van der Waals surface area contributed by atoms with E-state index in [2.05, 4.69) is 0 Å². The SMILES string of the molecule is Cc1cc(Cl)ccc1OC(C)C(=O)N1CCN(c2ccccc2[N+](=O)[O-])CC1. The first-order valence-electron chi connectivity index (χ1n) is 9.07. The number of amides is 1. The van der Waals surface area contributed by atoms with Crippen LogP contribution in [0.25, 0.3) is 0 Å². The lowest BCUT2D eigenvalue weighted by atomic mass is 10.2. The number of aryl methyl sites for hydroxylation is 1. The van der Waals surface area contributed by atoms with Gasteiger partial charge in [-0.15, -0.1) is 0 Å². The van der Waals surface area contributed by atoms with Gasteiger partial charge in [0.2, 0.25) is 0 Å². The number of rotatable bonds is 5. The van der Waals surface area contributed by atoms with Gasteiger partial charge in [0.1, 0.15) is 11.4 Å². The fourth-order valence-corrected chi connectivity index (χ4v) is 3.52. The Bertz CT molecular complexity index is 882. The largest absolute Gasteiger partial charge is 0.481 e. The van der Waals surface area contributed by atoms with Crippen LogP contribution in [-0.4, -0.2) is 48.0 Å². The second kappa shape index (κ2) is 8.48. The molecule has 148 valence electrons. The van der Waals surface area contributed by atoms with E-state index in [1.54, 1.807) is 48.2 Å². The Morgan fingerprint density at radius 3 is 2.50 bits per heavy atom. The molecule has 0 aromatic heterocycles. The Labute approximate surface area is 168 Å². The normalized spacial score (nSPS) is 15.2. The van der Waals surface area contributed by atoms with Gasteiger partial charge in [0, 0.05) is 37.3 Å². The van der Waals surface area contributed by atoms with Crippen LogP contribution in [0.1, 0.15) is 12.5 Å². The van der Waals surface area contributed by atoms with Crippen molar-refractivity contribution in [1.29, 1.82) is 0 Å². The van der Waals surface area contributed by atoms with E-state index in [0.717, 1.165) is 5.56 Å². The molecule has 0 radical (unpaired) electrons. The number of carbonyl (C=O) groups excluding carboxylic acids is 1. The number of benzene rings is 2. The Morgan fingerprint density at radius 1 is 1.18 bits per heavy atom. The van der Waals surface area contributed by atoms with Crippen LogP contribution in [0.15, 0.2) is 42.5 Å². The molecule has 8 heteroatoms. The van der Waals surface area contributed by atoms with Crippen molar-refractivity contribution in [1.82, 2.24) is 4.90 Å². The minimum Gasteiger partial charge on any atom is -0.481 e.